The number of aliphatic hydroxyl groups excluding tert-OH is 1. The number of hydrogen-bond donors (Lipinski definition) is 3. The summed E-state index contributed by atoms with van der Waals surface area (Å²) >= 11 is 0. The molecular weight excluding hydrogens is 264 g/mol. The molecule has 0 heterocycles. The van der Waals surface area contributed by atoms with Crippen molar-refractivity contribution in [3.63, 3.8) is 0 Å². The molecule has 0 aromatic carbocycles. The van der Waals surface area contributed by atoms with Crippen LogP contribution in [0.4, 0.5) is 0 Å². The lowest BCUT2D eigenvalue weighted by molar-refractivity contribution is -0.272. The molecule has 3 N–H and O–H groups in total. The first-order valence-electron chi connectivity index (χ1n) is 8.75. The molecule has 3 heteroatoms. The van der Waals surface area contributed by atoms with E-state index in [1.165, 1.54) is 37.7 Å². The molecule has 118 valence electrons. The van der Waals surface area contributed by atoms with Crippen LogP contribution in [0.2, 0.25) is 0 Å². The minimum Gasteiger partial charge on any atom is -0.387 e. The summed E-state index contributed by atoms with van der Waals surface area (Å²) in [6, 6.07) is 0. The zero-order valence-electron chi connectivity index (χ0n) is 13.0. The molecule has 1 unspecified atom stereocenters. The molecule has 4 aliphatic carbocycles. The van der Waals surface area contributed by atoms with Gasteiger partial charge in [0.2, 0.25) is 0 Å². The van der Waals surface area contributed by atoms with E-state index >= 15 is 0 Å². The lowest BCUT2D eigenvalue weighted by atomic mass is 9.51. The highest BCUT2D eigenvalue weighted by molar-refractivity contribution is 5.23. The summed E-state index contributed by atoms with van der Waals surface area (Å²) in [7, 11) is 0. The number of fused-ring (bicyclic) bond motifs is 5. The Kier molecular flexibility index (Phi) is 3.09. The largest absolute Gasteiger partial charge is 0.387 e. The number of rotatable bonds is 0. The van der Waals surface area contributed by atoms with Crippen LogP contribution in [0.25, 0.3) is 0 Å². The maximum absolute atomic E-state index is 10.5. The Morgan fingerprint density at radius 3 is 2.71 bits per heavy atom. The lowest BCUT2D eigenvalue weighted by Crippen LogP contribution is -2.58. The third kappa shape index (κ3) is 1.90. The van der Waals surface area contributed by atoms with E-state index in [1.807, 2.05) is 0 Å². The van der Waals surface area contributed by atoms with E-state index < -0.39 is 11.9 Å². The normalized spacial score (nSPS) is 51.6. The Morgan fingerprint density at radius 2 is 1.90 bits per heavy atom. The van der Waals surface area contributed by atoms with Gasteiger partial charge in [0, 0.05) is 5.92 Å². The molecule has 0 spiro atoms. The van der Waals surface area contributed by atoms with Crippen LogP contribution in [0, 0.1) is 29.1 Å². The highest BCUT2D eigenvalue weighted by Gasteiger charge is 2.58. The van der Waals surface area contributed by atoms with Gasteiger partial charge >= 0.3 is 0 Å². The third-order valence-electron chi connectivity index (χ3n) is 7.42. The minimum atomic E-state index is -1.92. The first-order valence-corrected chi connectivity index (χ1v) is 8.75. The van der Waals surface area contributed by atoms with E-state index in [1.54, 1.807) is 0 Å². The fourth-order valence-electron chi connectivity index (χ4n) is 6.36. The Bertz CT molecular complexity index is 469. The molecule has 0 aliphatic heterocycles. The fourth-order valence-corrected chi connectivity index (χ4v) is 6.36. The predicted molar refractivity (Wildman–Crippen MR) is 80.3 cm³/mol. The maximum Gasteiger partial charge on any atom is 0.196 e. The molecule has 3 saturated carbocycles. The molecule has 6 atom stereocenters. The predicted octanol–water partition coefficient (Wildman–Crippen LogP) is 2.60. The van der Waals surface area contributed by atoms with E-state index in [0.29, 0.717) is 23.7 Å². The van der Waals surface area contributed by atoms with Crippen LogP contribution in [-0.4, -0.2) is 27.2 Å². The quantitative estimate of drug-likeness (QED) is 0.475. The Morgan fingerprint density at radius 1 is 1.10 bits per heavy atom. The highest BCUT2D eigenvalue weighted by atomic mass is 16.5. The van der Waals surface area contributed by atoms with Crippen LogP contribution in [0.15, 0.2) is 11.6 Å². The molecule has 4 aliphatic rings. The summed E-state index contributed by atoms with van der Waals surface area (Å²) in [5.41, 5.74) is 1.69. The van der Waals surface area contributed by atoms with Gasteiger partial charge in [-0.2, -0.15) is 0 Å². The van der Waals surface area contributed by atoms with Crippen molar-refractivity contribution < 1.29 is 15.3 Å². The first-order chi connectivity index (χ1) is 9.93. The van der Waals surface area contributed by atoms with Gasteiger partial charge in [0.25, 0.3) is 0 Å². The standard InChI is InChI=1S/C18H28O3/c1-17-9-2-3-14(17)12-6-4-11-5-7-15(19)18(20,21)16(11)13(12)8-10-17/h5,12-16,19-21H,2-4,6-10H2,1H3/t12-,13+,14+,15?,16+,17+/m1/s1. The summed E-state index contributed by atoms with van der Waals surface area (Å²) < 4.78 is 0. The van der Waals surface area contributed by atoms with Crippen molar-refractivity contribution in [2.24, 2.45) is 29.1 Å². The molecule has 0 bridgehead atoms. The molecular formula is C18H28O3. The Balaban J connectivity index is 1.69. The summed E-state index contributed by atoms with van der Waals surface area (Å²) in [6.45, 7) is 2.45. The van der Waals surface area contributed by atoms with E-state index in [2.05, 4.69) is 13.0 Å². The molecule has 0 amide bonds. The van der Waals surface area contributed by atoms with Crippen molar-refractivity contribution in [2.75, 3.05) is 0 Å². The van der Waals surface area contributed by atoms with Crippen molar-refractivity contribution in [1.82, 2.24) is 0 Å². The zero-order valence-corrected chi connectivity index (χ0v) is 13.0. The van der Waals surface area contributed by atoms with Gasteiger partial charge in [0.15, 0.2) is 5.79 Å². The van der Waals surface area contributed by atoms with Crippen molar-refractivity contribution >= 4 is 0 Å². The topological polar surface area (TPSA) is 60.7 Å². The van der Waals surface area contributed by atoms with Gasteiger partial charge < -0.3 is 15.3 Å². The van der Waals surface area contributed by atoms with E-state index in [-0.39, 0.29) is 5.92 Å². The van der Waals surface area contributed by atoms with E-state index in [9.17, 15) is 15.3 Å². The van der Waals surface area contributed by atoms with Gasteiger partial charge in [-0.3, -0.25) is 0 Å². The number of hydrogen-bond acceptors (Lipinski definition) is 3. The molecule has 0 aromatic heterocycles. The van der Waals surface area contributed by atoms with Gasteiger partial charge in [-0.05, 0) is 68.1 Å². The van der Waals surface area contributed by atoms with Gasteiger partial charge in [-0.25, -0.2) is 0 Å². The van der Waals surface area contributed by atoms with Crippen molar-refractivity contribution in [3.8, 4) is 0 Å². The monoisotopic (exact) mass is 292 g/mol. The molecule has 3 nitrogen and oxygen atoms in total. The van der Waals surface area contributed by atoms with Crippen molar-refractivity contribution in [1.29, 1.82) is 0 Å². The fraction of sp³-hybridized carbons (Fsp3) is 0.889. The molecule has 0 aromatic rings. The first kappa shape index (κ1) is 14.2. The number of aliphatic hydroxyl groups is 3. The highest BCUT2D eigenvalue weighted by Crippen LogP contribution is 2.62. The summed E-state index contributed by atoms with van der Waals surface area (Å²) in [6.07, 6.45) is 9.95. The average molecular weight is 292 g/mol. The second-order valence-corrected chi connectivity index (χ2v) is 8.35. The van der Waals surface area contributed by atoms with Gasteiger partial charge in [-0.1, -0.05) is 25.0 Å². The molecule has 0 radical (unpaired) electrons. The SMILES string of the molecule is C[C@@]12CCC[C@H]1[C@@H]1CCC3=CCC(O)C(O)(O)[C@@H]3[C@H]1CC2. The van der Waals surface area contributed by atoms with Crippen molar-refractivity contribution in [2.45, 2.75) is 70.2 Å². The van der Waals surface area contributed by atoms with Crippen LogP contribution in [-0.2, 0) is 0 Å². The van der Waals surface area contributed by atoms with Gasteiger partial charge in [-0.15, -0.1) is 0 Å². The van der Waals surface area contributed by atoms with Crippen LogP contribution in [0.3, 0.4) is 0 Å². The van der Waals surface area contributed by atoms with E-state index in [4.69, 9.17) is 0 Å². The lowest BCUT2D eigenvalue weighted by Gasteiger charge is -2.56. The summed E-state index contributed by atoms with van der Waals surface area (Å²) in [4.78, 5) is 0. The minimum absolute atomic E-state index is 0.231. The molecule has 4 rings (SSSR count). The maximum atomic E-state index is 10.5. The molecule has 3 fully saturated rings. The third-order valence-corrected chi connectivity index (χ3v) is 7.42. The van der Waals surface area contributed by atoms with Crippen LogP contribution in [0.5, 0.6) is 0 Å². The van der Waals surface area contributed by atoms with Crippen LogP contribution < -0.4 is 0 Å². The van der Waals surface area contributed by atoms with Crippen LogP contribution >= 0.6 is 0 Å². The van der Waals surface area contributed by atoms with Gasteiger partial charge in [0.05, 0.1) is 0 Å². The Hall–Kier alpha value is -0.380. The Labute approximate surface area is 127 Å². The smallest absolute Gasteiger partial charge is 0.196 e. The zero-order chi connectivity index (χ0) is 14.8. The summed E-state index contributed by atoms with van der Waals surface area (Å²) in [5.74, 6) is -0.416. The van der Waals surface area contributed by atoms with Crippen LogP contribution in [0.1, 0.15) is 58.3 Å². The molecule has 0 saturated heterocycles. The average Bonchev–Trinajstić information content (AvgIpc) is 2.84. The summed E-state index contributed by atoms with van der Waals surface area (Å²) in [5, 5.41) is 31.2. The second-order valence-electron chi connectivity index (χ2n) is 8.35. The molecule has 21 heavy (non-hydrogen) atoms. The van der Waals surface area contributed by atoms with Crippen molar-refractivity contribution in [3.05, 3.63) is 11.6 Å². The van der Waals surface area contributed by atoms with E-state index in [0.717, 1.165) is 18.8 Å². The van der Waals surface area contributed by atoms with Gasteiger partial charge in [0.1, 0.15) is 6.10 Å². The second kappa shape index (κ2) is 4.56.